The molecule has 90 valence electrons. The Hall–Kier alpha value is -0.870. The van der Waals surface area contributed by atoms with Crippen LogP contribution in [0.25, 0.3) is 0 Å². The number of nitrogens with zero attached hydrogens (tertiary/aromatic N) is 3. The summed E-state index contributed by atoms with van der Waals surface area (Å²) in [6.45, 7) is 4.37. The van der Waals surface area contributed by atoms with E-state index in [4.69, 9.17) is 11.6 Å². The average molecular weight is 244 g/mol. The van der Waals surface area contributed by atoms with Crippen molar-refractivity contribution in [2.24, 2.45) is 0 Å². The molecule has 0 saturated carbocycles. The summed E-state index contributed by atoms with van der Waals surface area (Å²) in [6.07, 6.45) is 2.89. The van der Waals surface area contributed by atoms with Gasteiger partial charge < -0.3 is 10.0 Å². The third-order valence-corrected chi connectivity index (χ3v) is 2.60. The minimum absolute atomic E-state index is 0.395. The molecule has 1 unspecified atom stereocenters. The van der Waals surface area contributed by atoms with E-state index in [9.17, 15) is 5.11 Å². The number of anilines is 1. The number of hydrogen-bond acceptors (Lipinski definition) is 4. The summed E-state index contributed by atoms with van der Waals surface area (Å²) in [6, 6.07) is 0. The van der Waals surface area contributed by atoms with Gasteiger partial charge in [0, 0.05) is 19.2 Å². The van der Waals surface area contributed by atoms with Crippen molar-refractivity contribution in [3.05, 3.63) is 17.0 Å². The number of halogens is 1. The van der Waals surface area contributed by atoms with E-state index in [-0.39, 0.29) is 0 Å². The fraction of sp³-hybridized carbons (Fsp3) is 0.636. The van der Waals surface area contributed by atoms with Gasteiger partial charge in [-0.15, -0.1) is 0 Å². The second-order valence-electron chi connectivity index (χ2n) is 3.95. The van der Waals surface area contributed by atoms with E-state index < -0.39 is 6.10 Å². The molecule has 0 radical (unpaired) electrons. The number of aliphatic hydroxyl groups excluding tert-OH is 1. The van der Waals surface area contributed by atoms with Crippen molar-refractivity contribution in [2.75, 3.05) is 18.5 Å². The zero-order valence-electron chi connectivity index (χ0n) is 9.94. The molecule has 0 amide bonds. The van der Waals surface area contributed by atoms with Crippen molar-refractivity contribution >= 4 is 17.4 Å². The van der Waals surface area contributed by atoms with Gasteiger partial charge in [0.25, 0.3) is 0 Å². The van der Waals surface area contributed by atoms with Crippen LogP contribution in [-0.2, 0) is 6.42 Å². The summed E-state index contributed by atoms with van der Waals surface area (Å²) in [5, 5.41) is 9.86. The average Bonchev–Trinajstić information content (AvgIpc) is 2.20. The van der Waals surface area contributed by atoms with Crippen molar-refractivity contribution in [3.8, 4) is 0 Å². The quantitative estimate of drug-likeness (QED) is 0.803. The molecule has 4 nitrogen and oxygen atoms in total. The van der Waals surface area contributed by atoms with Crippen LogP contribution in [0.15, 0.2) is 6.33 Å². The molecule has 1 aromatic heterocycles. The van der Waals surface area contributed by atoms with Crippen LogP contribution in [-0.4, -0.2) is 34.8 Å². The number of likely N-dealkylation sites (N-methyl/N-ethyl adjacent to an activating group) is 1. The number of aliphatic hydroxyl groups is 1. The van der Waals surface area contributed by atoms with E-state index in [2.05, 4.69) is 16.9 Å². The van der Waals surface area contributed by atoms with Gasteiger partial charge in [-0.1, -0.05) is 24.9 Å². The molecular weight excluding hydrogens is 226 g/mol. The summed E-state index contributed by atoms with van der Waals surface area (Å²) in [7, 11) is 1.89. The SMILES string of the molecule is CCCc1c(Cl)ncnc1N(C)CC(C)O. The van der Waals surface area contributed by atoms with E-state index in [0.29, 0.717) is 11.7 Å². The maximum atomic E-state index is 9.36. The van der Waals surface area contributed by atoms with E-state index in [1.165, 1.54) is 6.33 Å². The Morgan fingerprint density at radius 1 is 1.50 bits per heavy atom. The van der Waals surface area contributed by atoms with E-state index in [1.54, 1.807) is 6.92 Å². The van der Waals surface area contributed by atoms with E-state index >= 15 is 0 Å². The van der Waals surface area contributed by atoms with Crippen LogP contribution in [0.4, 0.5) is 5.82 Å². The summed E-state index contributed by atoms with van der Waals surface area (Å²) < 4.78 is 0. The van der Waals surface area contributed by atoms with E-state index in [1.807, 2.05) is 11.9 Å². The Labute approximate surface area is 101 Å². The molecule has 0 saturated heterocycles. The Morgan fingerprint density at radius 3 is 2.75 bits per heavy atom. The van der Waals surface area contributed by atoms with Gasteiger partial charge >= 0.3 is 0 Å². The summed E-state index contributed by atoms with van der Waals surface area (Å²) >= 11 is 6.05. The molecule has 0 fully saturated rings. The van der Waals surface area contributed by atoms with Crippen molar-refractivity contribution < 1.29 is 5.11 Å². The predicted octanol–water partition coefficient (Wildman–Crippen LogP) is 1.90. The lowest BCUT2D eigenvalue weighted by Gasteiger charge is -2.22. The van der Waals surface area contributed by atoms with Crippen molar-refractivity contribution in [1.82, 2.24) is 9.97 Å². The van der Waals surface area contributed by atoms with Crippen LogP contribution in [0.3, 0.4) is 0 Å². The molecule has 1 N–H and O–H groups in total. The number of rotatable bonds is 5. The third-order valence-electron chi connectivity index (χ3n) is 2.27. The Bertz CT molecular complexity index is 344. The van der Waals surface area contributed by atoms with E-state index in [0.717, 1.165) is 24.2 Å². The molecule has 5 heteroatoms. The van der Waals surface area contributed by atoms with Crippen LogP contribution in [0.2, 0.25) is 5.15 Å². The standard InChI is InChI=1S/C11H18ClN3O/c1-4-5-9-10(12)13-7-14-11(9)15(3)6-8(2)16/h7-8,16H,4-6H2,1-3H3. The van der Waals surface area contributed by atoms with Crippen LogP contribution >= 0.6 is 11.6 Å². The molecule has 0 bridgehead atoms. The first-order valence-corrected chi connectivity index (χ1v) is 5.82. The summed E-state index contributed by atoms with van der Waals surface area (Å²) in [5.41, 5.74) is 0.954. The van der Waals surface area contributed by atoms with Gasteiger partial charge in [0.1, 0.15) is 17.3 Å². The molecular formula is C11H18ClN3O. The lowest BCUT2D eigenvalue weighted by molar-refractivity contribution is 0.201. The largest absolute Gasteiger partial charge is 0.392 e. The third kappa shape index (κ3) is 3.32. The Morgan fingerprint density at radius 2 is 2.19 bits per heavy atom. The van der Waals surface area contributed by atoms with Gasteiger partial charge in [0.2, 0.25) is 0 Å². The molecule has 0 spiro atoms. The zero-order valence-corrected chi connectivity index (χ0v) is 10.7. The molecule has 1 heterocycles. The van der Waals surface area contributed by atoms with Crippen LogP contribution in [0, 0.1) is 0 Å². The van der Waals surface area contributed by atoms with Gasteiger partial charge in [-0.05, 0) is 13.3 Å². The smallest absolute Gasteiger partial charge is 0.137 e. The first kappa shape index (κ1) is 13.2. The van der Waals surface area contributed by atoms with Crippen LogP contribution < -0.4 is 4.90 Å². The van der Waals surface area contributed by atoms with Crippen LogP contribution in [0.1, 0.15) is 25.8 Å². The molecule has 1 rings (SSSR count). The van der Waals surface area contributed by atoms with Gasteiger partial charge in [0.15, 0.2) is 0 Å². The highest BCUT2D eigenvalue weighted by molar-refractivity contribution is 6.30. The second kappa shape index (κ2) is 6.01. The van der Waals surface area contributed by atoms with Crippen molar-refractivity contribution in [3.63, 3.8) is 0 Å². The molecule has 0 aliphatic rings. The van der Waals surface area contributed by atoms with Gasteiger partial charge in [-0.2, -0.15) is 0 Å². The molecule has 1 aromatic rings. The number of aromatic nitrogens is 2. The minimum Gasteiger partial charge on any atom is -0.392 e. The Kier molecular flexibility index (Phi) is 4.96. The second-order valence-corrected chi connectivity index (χ2v) is 4.30. The normalized spacial score (nSPS) is 12.6. The highest BCUT2D eigenvalue weighted by Gasteiger charge is 2.13. The summed E-state index contributed by atoms with van der Waals surface area (Å²) in [5.74, 6) is 0.808. The van der Waals surface area contributed by atoms with Gasteiger partial charge in [0.05, 0.1) is 6.10 Å². The lowest BCUT2D eigenvalue weighted by atomic mass is 10.1. The molecule has 0 aliphatic heterocycles. The molecule has 0 aliphatic carbocycles. The predicted molar refractivity (Wildman–Crippen MR) is 66.0 cm³/mol. The minimum atomic E-state index is -0.395. The lowest BCUT2D eigenvalue weighted by Crippen LogP contribution is -2.28. The fourth-order valence-electron chi connectivity index (χ4n) is 1.66. The number of hydrogen-bond donors (Lipinski definition) is 1. The van der Waals surface area contributed by atoms with Crippen molar-refractivity contribution in [1.29, 1.82) is 0 Å². The zero-order chi connectivity index (χ0) is 12.1. The molecule has 16 heavy (non-hydrogen) atoms. The van der Waals surface area contributed by atoms with Crippen molar-refractivity contribution in [2.45, 2.75) is 32.8 Å². The maximum Gasteiger partial charge on any atom is 0.137 e. The monoisotopic (exact) mass is 243 g/mol. The first-order valence-electron chi connectivity index (χ1n) is 5.44. The van der Waals surface area contributed by atoms with Crippen LogP contribution in [0.5, 0.6) is 0 Å². The highest BCUT2D eigenvalue weighted by Crippen LogP contribution is 2.23. The topological polar surface area (TPSA) is 49.2 Å². The first-order chi connectivity index (χ1) is 7.56. The highest BCUT2D eigenvalue weighted by atomic mass is 35.5. The fourth-order valence-corrected chi connectivity index (χ4v) is 1.88. The van der Waals surface area contributed by atoms with Gasteiger partial charge in [-0.3, -0.25) is 0 Å². The Balaban J connectivity index is 2.97. The van der Waals surface area contributed by atoms with Gasteiger partial charge in [-0.25, -0.2) is 9.97 Å². The molecule has 0 aromatic carbocycles. The summed E-state index contributed by atoms with van der Waals surface area (Å²) in [4.78, 5) is 10.1. The maximum absolute atomic E-state index is 9.36. The molecule has 1 atom stereocenters.